The Morgan fingerprint density at radius 1 is 0.741 bits per heavy atom. The third kappa shape index (κ3) is 3.65. The maximum Gasteiger partial charge on any atom is 0.203 e. The van der Waals surface area contributed by atoms with Gasteiger partial charge in [-0.05, 0) is 41.8 Å². The van der Waals surface area contributed by atoms with Gasteiger partial charge in [-0.15, -0.1) is 0 Å². The molecule has 0 aliphatic carbocycles. The first-order valence-corrected chi connectivity index (χ1v) is 8.72. The van der Waals surface area contributed by atoms with Crippen LogP contribution in [0.15, 0.2) is 29.3 Å². The van der Waals surface area contributed by atoms with E-state index in [0.717, 1.165) is 35.6 Å². The van der Waals surface area contributed by atoms with Crippen LogP contribution in [0.1, 0.15) is 16.7 Å². The summed E-state index contributed by atoms with van der Waals surface area (Å²) in [7, 11) is 8.12. The molecule has 6 nitrogen and oxygen atoms in total. The minimum absolute atomic E-state index is 0.584. The highest BCUT2D eigenvalue weighted by molar-refractivity contribution is 6.04. The van der Waals surface area contributed by atoms with Crippen molar-refractivity contribution < 1.29 is 23.7 Å². The van der Waals surface area contributed by atoms with E-state index in [1.165, 1.54) is 5.56 Å². The molecular weight excluding hydrogens is 346 g/mol. The standard InChI is InChI=1S/C21H25NO5/c1-23-17-11-14-6-7-22-16(15(14)12-18(17)24-2)8-13-9-19(25-3)21(27-5)20(10-13)26-4/h9-12H,6-8H2,1-5H3. The highest BCUT2D eigenvalue weighted by Crippen LogP contribution is 2.39. The number of benzene rings is 2. The van der Waals surface area contributed by atoms with E-state index in [0.29, 0.717) is 29.4 Å². The van der Waals surface area contributed by atoms with Crippen molar-refractivity contribution in [1.29, 1.82) is 0 Å². The summed E-state index contributed by atoms with van der Waals surface area (Å²) in [4.78, 5) is 4.76. The van der Waals surface area contributed by atoms with E-state index in [-0.39, 0.29) is 0 Å². The summed E-state index contributed by atoms with van der Waals surface area (Å²) in [6.07, 6.45) is 1.54. The summed E-state index contributed by atoms with van der Waals surface area (Å²) < 4.78 is 27.2. The average molecular weight is 371 g/mol. The Bertz CT molecular complexity index is 835. The van der Waals surface area contributed by atoms with E-state index in [1.54, 1.807) is 35.5 Å². The van der Waals surface area contributed by atoms with Gasteiger partial charge in [0.05, 0.1) is 35.5 Å². The molecule has 1 aliphatic heterocycles. The minimum Gasteiger partial charge on any atom is -0.493 e. The lowest BCUT2D eigenvalue weighted by Crippen LogP contribution is -2.16. The van der Waals surface area contributed by atoms with Crippen LogP contribution in [0, 0.1) is 0 Å². The van der Waals surface area contributed by atoms with Gasteiger partial charge in [0.1, 0.15) is 0 Å². The topological polar surface area (TPSA) is 58.5 Å². The molecule has 0 radical (unpaired) electrons. The molecule has 0 N–H and O–H groups in total. The number of methoxy groups -OCH3 is 5. The molecule has 6 heteroatoms. The number of rotatable bonds is 7. The Morgan fingerprint density at radius 3 is 1.89 bits per heavy atom. The van der Waals surface area contributed by atoms with Crippen molar-refractivity contribution in [2.45, 2.75) is 12.8 Å². The summed E-state index contributed by atoms with van der Waals surface area (Å²) in [6, 6.07) is 7.96. The zero-order valence-electron chi connectivity index (χ0n) is 16.4. The van der Waals surface area contributed by atoms with E-state index >= 15 is 0 Å². The number of hydrogen-bond acceptors (Lipinski definition) is 6. The fourth-order valence-corrected chi connectivity index (χ4v) is 3.37. The summed E-state index contributed by atoms with van der Waals surface area (Å²) in [5.41, 5.74) is 4.34. The van der Waals surface area contributed by atoms with Crippen molar-refractivity contribution in [3.8, 4) is 28.7 Å². The van der Waals surface area contributed by atoms with Gasteiger partial charge < -0.3 is 23.7 Å². The quantitative estimate of drug-likeness (QED) is 0.747. The number of ether oxygens (including phenoxy) is 5. The van der Waals surface area contributed by atoms with Crippen molar-refractivity contribution >= 4 is 5.71 Å². The van der Waals surface area contributed by atoms with E-state index in [2.05, 4.69) is 0 Å². The monoisotopic (exact) mass is 371 g/mol. The smallest absolute Gasteiger partial charge is 0.203 e. The van der Waals surface area contributed by atoms with E-state index in [1.807, 2.05) is 24.3 Å². The highest BCUT2D eigenvalue weighted by Gasteiger charge is 2.20. The van der Waals surface area contributed by atoms with Crippen LogP contribution in [0.5, 0.6) is 28.7 Å². The summed E-state index contributed by atoms with van der Waals surface area (Å²) in [5.74, 6) is 3.30. The Kier molecular flexibility index (Phi) is 5.74. The molecule has 144 valence electrons. The Labute approximate surface area is 159 Å². The molecule has 3 rings (SSSR count). The van der Waals surface area contributed by atoms with Crippen LogP contribution < -0.4 is 23.7 Å². The molecule has 0 aromatic heterocycles. The normalized spacial score (nSPS) is 12.7. The second-order valence-electron chi connectivity index (χ2n) is 6.15. The molecule has 0 saturated carbocycles. The predicted octanol–water partition coefficient (Wildman–Crippen LogP) is 3.32. The van der Waals surface area contributed by atoms with Gasteiger partial charge in [-0.1, -0.05) is 0 Å². The Morgan fingerprint density at radius 2 is 1.33 bits per heavy atom. The molecule has 0 atom stereocenters. The van der Waals surface area contributed by atoms with Gasteiger partial charge in [-0.25, -0.2) is 0 Å². The lowest BCUT2D eigenvalue weighted by Gasteiger charge is -2.20. The maximum atomic E-state index is 5.47. The summed E-state index contributed by atoms with van der Waals surface area (Å²) >= 11 is 0. The minimum atomic E-state index is 0.584. The molecule has 27 heavy (non-hydrogen) atoms. The lowest BCUT2D eigenvalue weighted by atomic mass is 9.93. The maximum absolute atomic E-state index is 5.47. The Hall–Kier alpha value is -2.89. The average Bonchev–Trinajstić information content (AvgIpc) is 2.72. The van der Waals surface area contributed by atoms with Gasteiger partial charge in [-0.2, -0.15) is 0 Å². The second kappa shape index (κ2) is 8.20. The van der Waals surface area contributed by atoms with Crippen molar-refractivity contribution in [1.82, 2.24) is 0 Å². The summed E-state index contributed by atoms with van der Waals surface area (Å²) in [5, 5.41) is 0. The van der Waals surface area contributed by atoms with Crippen molar-refractivity contribution in [3.05, 3.63) is 41.0 Å². The molecule has 2 aromatic rings. The van der Waals surface area contributed by atoms with Gasteiger partial charge >= 0.3 is 0 Å². The van der Waals surface area contributed by atoms with Crippen LogP contribution in [0.2, 0.25) is 0 Å². The Balaban J connectivity index is 1.99. The van der Waals surface area contributed by atoms with Crippen molar-refractivity contribution in [3.63, 3.8) is 0 Å². The van der Waals surface area contributed by atoms with E-state index in [9.17, 15) is 0 Å². The van der Waals surface area contributed by atoms with E-state index in [4.69, 9.17) is 28.7 Å². The first-order chi connectivity index (χ1) is 13.1. The molecule has 0 unspecified atom stereocenters. The molecule has 1 aliphatic rings. The highest BCUT2D eigenvalue weighted by atomic mass is 16.5. The molecule has 2 aromatic carbocycles. The molecule has 0 saturated heterocycles. The largest absolute Gasteiger partial charge is 0.493 e. The zero-order chi connectivity index (χ0) is 19.4. The fraction of sp³-hybridized carbons (Fsp3) is 0.381. The molecular formula is C21H25NO5. The number of hydrogen-bond donors (Lipinski definition) is 0. The van der Waals surface area contributed by atoms with Crippen LogP contribution in [0.4, 0.5) is 0 Å². The third-order valence-corrected chi connectivity index (χ3v) is 4.70. The van der Waals surface area contributed by atoms with Crippen LogP contribution in [0.3, 0.4) is 0 Å². The SMILES string of the molecule is COc1cc2c(cc1OC)C(Cc1cc(OC)c(OC)c(OC)c1)=NCC2. The fourth-order valence-electron chi connectivity index (χ4n) is 3.37. The van der Waals surface area contributed by atoms with Gasteiger partial charge in [0, 0.05) is 24.2 Å². The van der Waals surface area contributed by atoms with Gasteiger partial charge in [0.15, 0.2) is 23.0 Å². The van der Waals surface area contributed by atoms with Gasteiger partial charge in [0.2, 0.25) is 5.75 Å². The third-order valence-electron chi connectivity index (χ3n) is 4.70. The van der Waals surface area contributed by atoms with Crippen LogP contribution in [-0.2, 0) is 12.8 Å². The second-order valence-corrected chi connectivity index (χ2v) is 6.15. The molecule has 0 amide bonds. The van der Waals surface area contributed by atoms with Crippen molar-refractivity contribution in [2.24, 2.45) is 4.99 Å². The predicted molar refractivity (Wildman–Crippen MR) is 104 cm³/mol. The lowest BCUT2D eigenvalue weighted by molar-refractivity contribution is 0.324. The number of aliphatic imine (C=N–C) groups is 1. The van der Waals surface area contributed by atoms with Crippen LogP contribution in [0.25, 0.3) is 0 Å². The van der Waals surface area contributed by atoms with E-state index < -0.39 is 0 Å². The molecule has 0 bridgehead atoms. The molecule has 1 heterocycles. The molecule has 0 fully saturated rings. The van der Waals surface area contributed by atoms with Gasteiger partial charge in [0.25, 0.3) is 0 Å². The molecule has 0 spiro atoms. The van der Waals surface area contributed by atoms with Gasteiger partial charge in [-0.3, -0.25) is 4.99 Å². The summed E-state index contributed by atoms with van der Waals surface area (Å²) in [6.45, 7) is 0.752. The number of fused-ring (bicyclic) bond motifs is 1. The zero-order valence-corrected chi connectivity index (χ0v) is 16.4. The first kappa shape index (κ1) is 18.9. The van der Waals surface area contributed by atoms with Crippen LogP contribution >= 0.6 is 0 Å². The van der Waals surface area contributed by atoms with Crippen LogP contribution in [-0.4, -0.2) is 47.8 Å². The number of nitrogens with zero attached hydrogens (tertiary/aromatic N) is 1. The first-order valence-electron chi connectivity index (χ1n) is 8.72. The van der Waals surface area contributed by atoms with Crippen molar-refractivity contribution in [2.75, 3.05) is 42.1 Å².